The van der Waals surface area contributed by atoms with Crippen LogP contribution in [0.25, 0.3) is 6.08 Å². The molecule has 3 rings (SSSR count). The standard InChI is InChI=1S/C20H19NO4/c1-14(19(22)21-12-15-7-3-2-4-8-15)25-20(23)17-11-16-9-5-6-10-18(16)24-13-17/h2-11,14H,12-13H2,1H3,(H,21,22)/t14-/m1/s1. The summed E-state index contributed by atoms with van der Waals surface area (Å²) in [6.45, 7) is 2.07. The lowest BCUT2D eigenvalue weighted by molar-refractivity contribution is -0.151. The summed E-state index contributed by atoms with van der Waals surface area (Å²) in [6, 6.07) is 17.0. The molecule has 0 radical (unpaired) electrons. The summed E-state index contributed by atoms with van der Waals surface area (Å²) in [6.07, 6.45) is 0.852. The van der Waals surface area contributed by atoms with E-state index in [1.54, 1.807) is 13.0 Å². The lowest BCUT2D eigenvalue weighted by Gasteiger charge is -2.19. The largest absolute Gasteiger partial charge is 0.488 e. The van der Waals surface area contributed by atoms with Crippen LogP contribution in [0.2, 0.25) is 0 Å². The Hall–Kier alpha value is -3.08. The number of para-hydroxylation sites is 1. The summed E-state index contributed by atoms with van der Waals surface area (Å²) >= 11 is 0. The molecule has 25 heavy (non-hydrogen) atoms. The summed E-state index contributed by atoms with van der Waals surface area (Å²) in [5.74, 6) is -0.153. The smallest absolute Gasteiger partial charge is 0.338 e. The molecule has 0 fully saturated rings. The second-order valence-corrected chi connectivity index (χ2v) is 5.75. The molecule has 128 valence electrons. The van der Waals surface area contributed by atoms with Crippen LogP contribution >= 0.6 is 0 Å². The van der Waals surface area contributed by atoms with E-state index in [1.807, 2.05) is 54.6 Å². The highest BCUT2D eigenvalue weighted by atomic mass is 16.6. The van der Waals surface area contributed by atoms with Crippen molar-refractivity contribution in [3.05, 3.63) is 71.3 Å². The second kappa shape index (κ2) is 7.66. The summed E-state index contributed by atoms with van der Waals surface area (Å²) in [5, 5.41) is 2.76. The van der Waals surface area contributed by atoms with Gasteiger partial charge >= 0.3 is 5.97 Å². The molecular formula is C20H19NO4. The number of carbonyl (C=O) groups is 2. The fourth-order valence-electron chi connectivity index (χ4n) is 2.45. The Labute approximate surface area is 146 Å². The second-order valence-electron chi connectivity index (χ2n) is 5.75. The third kappa shape index (κ3) is 4.26. The van der Waals surface area contributed by atoms with E-state index in [0.717, 1.165) is 16.9 Å². The number of rotatable bonds is 5. The van der Waals surface area contributed by atoms with E-state index in [0.29, 0.717) is 12.1 Å². The van der Waals surface area contributed by atoms with Crippen molar-refractivity contribution in [2.75, 3.05) is 6.61 Å². The van der Waals surface area contributed by atoms with Crippen LogP contribution in [-0.4, -0.2) is 24.6 Å². The predicted molar refractivity (Wildman–Crippen MR) is 93.8 cm³/mol. The summed E-state index contributed by atoms with van der Waals surface area (Å²) in [5.41, 5.74) is 2.19. The molecule has 2 aromatic carbocycles. The molecule has 1 aliphatic rings. The maximum absolute atomic E-state index is 12.2. The van der Waals surface area contributed by atoms with Gasteiger partial charge in [0.05, 0.1) is 5.57 Å². The van der Waals surface area contributed by atoms with Gasteiger partial charge in [0, 0.05) is 12.1 Å². The van der Waals surface area contributed by atoms with Crippen LogP contribution in [0.1, 0.15) is 18.1 Å². The Morgan fingerprint density at radius 2 is 1.84 bits per heavy atom. The quantitative estimate of drug-likeness (QED) is 0.852. The van der Waals surface area contributed by atoms with Crippen molar-refractivity contribution in [2.45, 2.75) is 19.6 Å². The molecule has 0 spiro atoms. The molecule has 1 atom stereocenters. The van der Waals surface area contributed by atoms with E-state index >= 15 is 0 Å². The number of esters is 1. The maximum Gasteiger partial charge on any atom is 0.338 e. The molecule has 0 unspecified atom stereocenters. The first kappa shape index (κ1) is 16.8. The number of carbonyl (C=O) groups excluding carboxylic acids is 2. The number of fused-ring (bicyclic) bond motifs is 1. The minimum absolute atomic E-state index is 0.133. The summed E-state index contributed by atoms with van der Waals surface area (Å²) in [4.78, 5) is 24.3. The zero-order chi connectivity index (χ0) is 17.6. The molecule has 5 nitrogen and oxygen atoms in total. The molecular weight excluding hydrogens is 318 g/mol. The highest BCUT2D eigenvalue weighted by Crippen LogP contribution is 2.26. The van der Waals surface area contributed by atoms with Gasteiger partial charge in [-0.2, -0.15) is 0 Å². The molecule has 0 saturated heterocycles. The van der Waals surface area contributed by atoms with Crippen molar-refractivity contribution in [1.29, 1.82) is 0 Å². The van der Waals surface area contributed by atoms with Gasteiger partial charge in [-0.1, -0.05) is 48.5 Å². The van der Waals surface area contributed by atoms with Crippen LogP contribution in [-0.2, 0) is 20.9 Å². The molecule has 0 saturated carbocycles. The zero-order valence-electron chi connectivity index (χ0n) is 13.9. The molecule has 1 amide bonds. The predicted octanol–water partition coefficient (Wildman–Crippen LogP) is 2.71. The maximum atomic E-state index is 12.2. The average molecular weight is 337 g/mol. The van der Waals surface area contributed by atoms with Gasteiger partial charge in [0.2, 0.25) is 0 Å². The van der Waals surface area contributed by atoms with Gasteiger partial charge in [0.1, 0.15) is 12.4 Å². The van der Waals surface area contributed by atoms with Crippen LogP contribution in [0, 0.1) is 0 Å². The average Bonchev–Trinajstić information content (AvgIpc) is 2.66. The Morgan fingerprint density at radius 3 is 2.64 bits per heavy atom. The van der Waals surface area contributed by atoms with E-state index in [4.69, 9.17) is 9.47 Å². The minimum atomic E-state index is -0.880. The number of nitrogens with one attached hydrogen (secondary N) is 1. The highest BCUT2D eigenvalue weighted by Gasteiger charge is 2.23. The third-order valence-electron chi connectivity index (χ3n) is 3.86. The summed E-state index contributed by atoms with van der Waals surface area (Å²) < 4.78 is 10.8. The van der Waals surface area contributed by atoms with Gasteiger partial charge in [-0.3, -0.25) is 4.79 Å². The van der Waals surface area contributed by atoms with Crippen molar-refractivity contribution < 1.29 is 19.1 Å². The van der Waals surface area contributed by atoms with Gasteiger partial charge in [-0.05, 0) is 24.6 Å². The zero-order valence-corrected chi connectivity index (χ0v) is 13.9. The Balaban J connectivity index is 1.55. The van der Waals surface area contributed by atoms with Gasteiger partial charge in [0.25, 0.3) is 5.91 Å². The lowest BCUT2D eigenvalue weighted by Crippen LogP contribution is -2.36. The molecule has 0 bridgehead atoms. The Kier molecular flexibility index (Phi) is 5.14. The topological polar surface area (TPSA) is 64.6 Å². The van der Waals surface area contributed by atoms with Gasteiger partial charge in [0.15, 0.2) is 6.10 Å². The fraction of sp³-hybridized carbons (Fsp3) is 0.200. The first-order valence-electron chi connectivity index (χ1n) is 8.08. The number of hydrogen-bond donors (Lipinski definition) is 1. The Morgan fingerprint density at radius 1 is 1.12 bits per heavy atom. The fourth-order valence-corrected chi connectivity index (χ4v) is 2.45. The number of hydrogen-bond acceptors (Lipinski definition) is 4. The van der Waals surface area contributed by atoms with Crippen molar-refractivity contribution in [3.63, 3.8) is 0 Å². The van der Waals surface area contributed by atoms with Crippen molar-refractivity contribution >= 4 is 18.0 Å². The number of ether oxygens (including phenoxy) is 2. The lowest BCUT2D eigenvalue weighted by atomic mass is 10.1. The van der Waals surface area contributed by atoms with Crippen LogP contribution in [0.5, 0.6) is 5.75 Å². The number of amides is 1. The highest BCUT2D eigenvalue weighted by molar-refractivity contribution is 5.96. The number of benzene rings is 2. The molecule has 2 aromatic rings. The van der Waals surface area contributed by atoms with Crippen LogP contribution in [0.15, 0.2) is 60.2 Å². The minimum Gasteiger partial charge on any atom is -0.488 e. The Bertz CT molecular complexity index is 798. The molecule has 0 aromatic heterocycles. The summed E-state index contributed by atoms with van der Waals surface area (Å²) in [7, 11) is 0. The normalized spacial score (nSPS) is 13.7. The molecule has 1 aliphatic heterocycles. The van der Waals surface area contributed by atoms with Crippen LogP contribution in [0.3, 0.4) is 0 Å². The monoisotopic (exact) mass is 337 g/mol. The van der Waals surface area contributed by atoms with Crippen molar-refractivity contribution in [3.8, 4) is 5.75 Å². The van der Waals surface area contributed by atoms with E-state index in [9.17, 15) is 9.59 Å². The van der Waals surface area contributed by atoms with E-state index in [1.165, 1.54) is 0 Å². The van der Waals surface area contributed by atoms with Gasteiger partial charge in [-0.15, -0.1) is 0 Å². The molecule has 0 aliphatic carbocycles. The van der Waals surface area contributed by atoms with Crippen molar-refractivity contribution in [2.24, 2.45) is 0 Å². The van der Waals surface area contributed by atoms with Crippen LogP contribution in [0.4, 0.5) is 0 Å². The SMILES string of the molecule is C[C@@H](OC(=O)C1=Cc2ccccc2OC1)C(=O)NCc1ccccc1. The third-order valence-corrected chi connectivity index (χ3v) is 3.86. The van der Waals surface area contributed by atoms with E-state index < -0.39 is 12.1 Å². The first-order valence-corrected chi connectivity index (χ1v) is 8.08. The van der Waals surface area contributed by atoms with Gasteiger partial charge in [-0.25, -0.2) is 4.79 Å². The first-order chi connectivity index (χ1) is 12.1. The van der Waals surface area contributed by atoms with E-state index in [-0.39, 0.29) is 12.5 Å². The molecule has 5 heteroatoms. The van der Waals surface area contributed by atoms with Crippen molar-refractivity contribution in [1.82, 2.24) is 5.32 Å². The van der Waals surface area contributed by atoms with E-state index in [2.05, 4.69) is 5.32 Å². The molecule has 1 N–H and O–H groups in total. The van der Waals surface area contributed by atoms with Crippen LogP contribution < -0.4 is 10.1 Å². The van der Waals surface area contributed by atoms with Gasteiger partial charge < -0.3 is 14.8 Å². The molecule has 1 heterocycles.